The minimum absolute atomic E-state index is 0.406. The fraction of sp³-hybridized carbons (Fsp3) is 0.136. The van der Waals surface area contributed by atoms with Crippen LogP contribution < -0.4 is 10.5 Å². The Morgan fingerprint density at radius 1 is 1.00 bits per heavy atom. The van der Waals surface area contributed by atoms with Crippen molar-refractivity contribution in [3.63, 3.8) is 0 Å². The van der Waals surface area contributed by atoms with E-state index in [1.54, 1.807) is 6.07 Å². The van der Waals surface area contributed by atoms with Gasteiger partial charge in [0, 0.05) is 28.4 Å². The van der Waals surface area contributed by atoms with Crippen molar-refractivity contribution in [2.24, 2.45) is 5.73 Å². The SMILES string of the molecule is CCOc1cccc(Cn2c3ccccc3c3c(C(N)=O)cccc32)c1. The van der Waals surface area contributed by atoms with Crippen LogP contribution in [0.15, 0.2) is 66.7 Å². The van der Waals surface area contributed by atoms with Crippen molar-refractivity contribution in [3.05, 3.63) is 77.9 Å². The summed E-state index contributed by atoms with van der Waals surface area (Å²) in [6, 6.07) is 21.9. The maximum absolute atomic E-state index is 11.9. The molecule has 0 saturated carbocycles. The maximum atomic E-state index is 11.9. The van der Waals surface area contributed by atoms with Crippen LogP contribution >= 0.6 is 0 Å². The van der Waals surface area contributed by atoms with Crippen molar-refractivity contribution in [2.45, 2.75) is 13.5 Å². The van der Waals surface area contributed by atoms with Gasteiger partial charge in [0.1, 0.15) is 5.75 Å². The summed E-state index contributed by atoms with van der Waals surface area (Å²) in [4.78, 5) is 11.9. The predicted molar refractivity (Wildman–Crippen MR) is 105 cm³/mol. The summed E-state index contributed by atoms with van der Waals surface area (Å²) < 4.78 is 7.85. The van der Waals surface area contributed by atoms with Gasteiger partial charge in [-0.1, -0.05) is 36.4 Å². The van der Waals surface area contributed by atoms with Crippen molar-refractivity contribution in [2.75, 3.05) is 6.61 Å². The molecule has 0 aliphatic carbocycles. The lowest BCUT2D eigenvalue weighted by Crippen LogP contribution is -2.11. The van der Waals surface area contributed by atoms with Crippen LogP contribution in [0.3, 0.4) is 0 Å². The molecule has 4 heteroatoms. The second-order valence-electron chi connectivity index (χ2n) is 6.25. The van der Waals surface area contributed by atoms with Gasteiger partial charge in [0.15, 0.2) is 0 Å². The Hall–Kier alpha value is -3.27. The highest BCUT2D eigenvalue weighted by atomic mass is 16.5. The molecule has 4 aromatic rings. The molecule has 0 atom stereocenters. The Kier molecular flexibility index (Phi) is 4.09. The lowest BCUT2D eigenvalue weighted by atomic mass is 10.1. The first kappa shape index (κ1) is 16.2. The molecule has 4 nitrogen and oxygen atoms in total. The Morgan fingerprint density at radius 2 is 1.77 bits per heavy atom. The molecule has 0 radical (unpaired) electrons. The van der Waals surface area contributed by atoms with Gasteiger partial charge in [0.05, 0.1) is 12.1 Å². The number of para-hydroxylation sites is 1. The molecular formula is C22H20N2O2. The van der Waals surface area contributed by atoms with E-state index < -0.39 is 5.91 Å². The van der Waals surface area contributed by atoms with Gasteiger partial charge in [-0.05, 0) is 42.8 Å². The van der Waals surface area contributed by atoms with E-state index in [1.165, 1.54) is 0 Å². The van der Waals surface area contributed by atoms with Crippen molar-refractivity contribution >= 4 is 27.7 Å². The molecule has 0 bridgehead atoms. The van der Waals surface area contributed by atoms with Gasteiger partial charge in [-0.3, -0.25) is 4.79 Å². The molecule has 1 amide bonds. The van der Waals surface area contributed by atoms with Gasteiger partial charge < -0.3 is 15.0 Å². The van der Waals surface area contributed by atoms with Gasteiger partial charge in [-0.2, -0.15) is 0 Å². The molecule has 130 valence electrons. The molecule has 2 N–H and O–H groups in total. The highest BCUT2D eigenvalue weighted by Gasteiger charge is 2.16. The van der Waals surface area contributed by atoms with Crippen LogP contribution in [0.2, 0.25) is 0 Å². The number of nitrogens with two attached hydrogens (primary N) is 1. The third-order valence-electron chi connectivity index (χ3n) is 4.61. The first-order chi connectivity index (χ1) is 12.7. The molecule has 3 aromatic carbocycles. The van der Waals surface area contributed by atoms with Crippen LogP contribution in [0.4, 0.5) is 0 Å². The molecule has 0 fully saturated rings. The van der Waals surface area contributed by atoms with Crippen molar-refractivity contribution in [3.8, 4) is 5.75 Å². The smallest absolute Gasteiger partial charge is 0.249 e. The van der Waals surface area contributed by atoms with Crippen LogP contribution in [-0.2, 0) is 6.54 Å². The molecule has 1 aromatic heterocycles. The van der Waals surface area contributed by atoms with E-state index in [9.17, 15) is 4.79 Å². The van der Waals surface area contributed by atoms with Gasteiger partial charge in [0.2, 0.25) is 5.91 Å². The lowest BCUT2D eigenvalue weighted by molar-refractivity contribution is 0.100. The van der Waals surface area contributed by atoms with E-state index in [2.05, 4.69) is 22.8 Å². The number of primary amides is 1. The largest absolute Gasteiger partial charge is 0.494 e. The first-order valence-electron chi connectivity index (χ1n) is 8.70. The minimum atomic E-state index is -0.406. The van der Waals surface area contributed by atoms with E-state index in [0.717, 1.165) is 33.1 Å². The quantitative estimate of drug-likeness (QED) is 0.585. The first-order valence-corrected chi connectivity index (χ1v) is 8.70. The second-order valence-corrected chi connectivity index (χ2v) is 6.25. The summed E-state index contributed by atoms with van der Waals surface area (Å²) in [5, 5.41) is 1.95. The number of nitrogens with zero attached hydrogens (tertiary/aromatic N) is 1. The van der Waals surface area contributed by atoms with Crippen LogP contribution in [0, 0.1) is 0 Å². The van der Waals surface area contributed by atoms with Crippen LogP contribution in [-0.4, -0.2) is 17.1 Å². The molecular weight excluding hydrogens is 324 g/mol. The molecule has 4 rings (SSSR count). The van der Waals surface area contributed by atoms with E-state index in [1.807, 2.05) is 49.4 Å². The summed E-state index contributed by atoms with van der Waals surface area (Å²) in [5.41, 5.74) is 9.40. The van der Waals surface area contributed by atoms with Crippen molar-refractivity contribution in [1.82, 2.24) is 4.57 Å². The highest BCUT2D eigenvalue weighted by molar-refractivity contribution is 6.17. The zero-order valence-electron chi connectivity index (χ0n) is 14.6. The van der Waals surface area contributed by atoms with Gasteiger partial charge in [-0.15, -0.1) is 0 Å². The Bertz CT molecular complexity index is 1110. The molecule has 0 aliphatic rings. The van der Waals surface area contributed by atoms with Crippen LogP contribution in [0.25, 0.3) is 21.8 Å². The molecule has 0 spiro atoms. The monoisotopic (exact) mass is 344 g/mol. The highest BCUT2D eigenvalue weighted by Crippen LogP contribution is 2.32. The molecule has 1 heterocycles. The van der Waals surface area contributed by atoms with Crippen molar-refractivity contribution in [1.29, 1.82) is 0 Å². The Labute approximate surface area is 151 Å². The number of carbonyl (C=O) groups is 1. The zero-order valence-corrected chi connectivity index (χ0v) is 14.6. The third-order valence-corrected chi connectivity index (χ3v) is 4.61. The number of rotatable bonds is 5. The standard InChI is InChI=1S/C22H20N2O2/c1-2-26-16-8-5-7-15(13-16)14-24-19-11-4-3-9-17(19)21-18(22(23)25)10-6-12-20(21)24/h3-13H,2,14H2,1H3,(H2,23,25). The van der Waals surface area contributed by atoms with E-state index in [-0.39, 0.29) is 0 Å². The van der Waals surface area contributed by atoms with Gasteiger partial charge in [0.25, 0.3) is 0 Å². The number of hydrogen-bond acceptors (Lipinski definition) is 2. The maximum Gasteiger partial charge on any atom is 0.249 e. The number of aromatic nitrogens is 1. The van der Waals surface area contributed by atoms with E-state index in [0.29, 0.717) is 18.7 Å². The normalized spacial score (nSPS) is 11.1. The predicted octanol–water partition coefficient (Wildman–Crippen LogP) is 4.34. The summed E-state index contributed by atoms with van der Waals surface area (Å²) in [6.07, 6.45) is 0. The van der Waals surface area contributed by atoms with Crippen LogP contribution in [0.5, 0.6) is 5.75 Å². The fourth-order valence-corrected chi connectivity index (χ4v) is 3.56. The lowest BCUT2D eigenvalue weighted by Gasteiger charge is -2.10. The van der Waals surface area contributed by atoms with Gasteiger partial charge in [-0.25, -0.2) is 0 Å². The summed E-state index contributed by atoms with van der Waals surface area (Å²) in [5.74, 6) is 0.459. The topological polar surface area (TPSA) is 57.2 Å². The summed E-state index contributed by atoms with van der Waals surface area (Å²) >= 11 is 0. The third kappa shape index (κ3) is 2.69. The minimum Gasteiger partial charge on any atom is -0.494 e. The molecule has 0 unspecified atom stereocenters. The molecule has 0 saturated heterocycles. The van der Waals surface area contributed by atoms with Crippen LogP contribution in [0.1, 0.15) is 22.8 Å². The van der Waals surface area contributed by atoms with Crippen molar-refractivity contribution < 1.29 is 9.53 Å². The average molecular weight is 344 g/mol. The zero-order chi connectivity index (χ0) is 18.1. The van der Waals surface area contributed by atoms with E-state index in [4.69, 9.17) is 10.5 Å². The number of amides is 1. The number of ether oxygens (including phenoxy) is 1. The molecule has 26 heavy (non-hydrogen) atoms. The van der Waals surface area contributed by atoms with Gasteiger partial charge >= 0.3 is 0 Å². The number of fused-ring (bicyclic) bond motifs is 3. The number of hydrogen-bond donors (Lipinski definition) is 1. The molecule has 0 aliphatic heterocycles. The van der Waals surface area contributed by atoms with E-state index >= 15 is 0 Å². The second kappa shape index (κ2) is 6.56. The number of carbonyl (C=O) groups excluding carboxylic acids is 1. The summed E-state index contributed by atoms with van der Waals surface area (Å²) in [7, 11) is 0. The number of benzene rings is 3. The average Bonchev–Trinajstić information content (AvgIpc) is 2.96. The fourth-order valence-electron chi connectivity index (χ4n) is 3.56. The Morgan fingerprint density at radius 3 is 2.58 bits per heavy atom. The summed E-state index contributed by atoms with van der Waals surface area (Å²) in [6.45, 7) is 3.30. The Balaban J connectivity index is 1.93.